The Hall–Kier alpha value is -2.76. The molecule has 0 aliphatic carbocycles. The van der Waals surface area contributed by atoms with Crippen LogP contribution in [0.4, 0.5) is 20.4 Å². The lowest BCUT2D eigenvalue weighted by molar-refractivity contribution is 0.602. The van der Waals surface area contributed by atoms with E-state index in [1.54, 1.807) is 6.07 Å². The molecule has 0 spiro atoms. The fourth-order valence-corrected chi connectivity index (χ4v) is 3.14. The van der Waals surface area contributed by atoms with Crippen LogP contribution in [0, 0.1) is 11.6 Å². The minimum Gasteiger partial charge on any atom is -0.367 e. The number of piperazine rings is 1. The zero-order valence-corrected chi connectivity index (χ0v) is 13.0. The van der Waals surface area contributed by atoms with Gasteiger partial charge in [0.05, 0.1) is 12.4 Å². The topological polar surface area (TPSA) is 32.3 Å². The summed E-state index contributed by atoms with van der Waals surface area (Å²) in [5.41, 5.74) is 1.03. The number of hydrogen-bond acceptors (Lipinski definition) is 4. The Labute approximate surface area is 138 Å². The molecule has 0 bridgehead atoms. The van der Waals surface area contributed by atoms with Crippen molar-refractivity contribution in [2.24, 2.45) is 0 Å². The quantitative estimate of drug-likeness (QED) is 0.724. The lowest BCUT2D eigenvalue weighted by Gasteiger charge is -2.36. The first-order valence-electron chi connectivity index (χ1n) is 7.87. The standard InChI is InChI=1S/C18H16F2N4/c19-13-11-21-18(22-12-13)24-9-7-23(8-10-24)17-6-5-16(20)14-3-1-2-4-15(14)17/h1-6,11-12H,7-10H2. The number of aromatic nitrogens is 2. The number of rotatable bonds is 2. The minimum atomic E-state index is -0.435. The zero-order valence-electron chi connectivity index (χ0n) is 13.0. The molecule has 4 nitrogen and oxygen atoms in total. The molecule has 0 N–H and O–H groups in total. The molecule has 1 aliphatic rings. The van der Waals surface area contributed by atoms with Crippen molar-refractivity contribution in [3.63, 3.8) is 0 Å². The van der Waals surface area contributed by atoms with Crippen LogP contribution < -0.4 is 9.80 Å². The van der Waals surface area contributed by atoms with Crippen LogP contribution in [0.25, 0.3) is 10.8 Å². The first kappa shape index (κ1) is 14.8. The van der Waals surface area contributed by atoms with Gasteiger partial charge in [-0.3, -0.25) is 0 Å². The van der Waals surface area contributed by atoms with Gasteiger partial charge >= 0.3 is 0 Å². The number of anilines is 2. The Morgan fingerprint density at radius 3 is 2.08 bits per heavy atom. The van der Waals surface area contributed by atoms with E-state index in [2.05, 4.69) is 14.9 Å². The second-order valence-electron chi connectivity index (χ2n) is 5.79. The largest absolute Gasteiger partial charge is 0.367 e. The number of fused-ring (bicyclic) bond motifs is 1. The summed E-state index contributed by atoms with van der Waals surface area (Å²) in [4.78, 5) is 12.3. The van der Waals surface area contributed by atoms with E-state index in [1.807, 2.05) is 29.2 Å². The van der Waals surface area contributed by atoms with E-state index < -0.39 is 5.82 Å². The van der Waals surface area contributed by atoms with Crippen LogP contribution in [0.2, 0.25) is 0 Å². The summed E-state index contributed by atoms with van der Waals surface area (Å²) in [5, 5.41) is 1.56. The van der Waals surface area contributed by atoms with Crippen molar-refractivity contribution in [2.75, 3.05) is 36.0 Å². The summed E-state index contributed by atoms with van der Waals surface area (Å²) in [5.74, 6) is -0.0946. The summed E-state index contributed by atoms with van der Waals surface area (Å²) in [7, 11) is 0. The summed E-state index contributed by atoms with van der Waals surface area (Å²) in [6.07, 6.45) is 2.37. The number of hydrogen-bond donors (Lipinski definition) is 0. The zero-order chi connectivity index (χ0) is 16.5. The third-order valence-electron chi connectivity index (χ3n) is 4.36. The summed E-state index contributed by atoms with van der Waals surface area (Å²) >= 11 is 0. The van der Waals surface area contributed by atoms with E-state index in [0.717, 1.165) is 37.3 Å². The normalized spacial score (nSPS) is 15.1. The molecular weight excluding hydrogens is 310 g/mol. The van der Waals surface area contributed by atoms with Crippen LogP contribution in [-0.4, -0.2) is 36.1 Å². The van der Waals surface area contributed by atoms with Crippen LogP contribution >= 0.6 is 0 Å². The molecule has 2 heterocycles. The number of benzene rings is 2. The molecule has 4 rings (SSSR count). The van der Waals surface area contributed by atoms with Gasteiger partial charge in [-0.15, -0.1) is 0 Å². The first-order valence-corrected chi connectivity index (χ1v) is 7.87. The van der Waals surface area contributed by atoms with Crippen molar-refractivity contribution in [1.29, 1.82) is 0 Å². The van der Waals surface area contributed by atoms with E-state index in [1.165, 1.54) is 18.5 Å². The molecule has 1 fully saturated rings. The molecule has 1 aliphatic heterocycles. The van der Waals surface area contributed by atoms with Crippen LogP contribution in [0.5, 0.6) is 0 Å². The molecule has 3 aromatic rings. The van der Waals surface area contributed by atoms with Gasteiger partial charge in [0.2, 0.25) is 5.95 Å². The maximum atomic E-state index is 14.0. The molecule has 1 saturated heterocycles. The van der Waals surface area contributed by atoms with Crippen LogP contribution in [0.1, 0.15) is 0 Å². The molecule has 6 heteroatoms. The molecule has 0 saturated carbocycles. The minimum absolute atomic E-state index is 0.201. The van der Waals surface area contributed by atoms with Crippen LogP contribution in [-0.2, 0) is 0 Å². The third-order valence-corrected chi connectivity index (χ3v) is 4.36. The van der Waals surface area contributed by atoms with Gasteiger partial charge in [0.25, 0.3) is 0 Å². The molecule has 0 radical (unpaired) electrons. The van der Waals surface area contributed by atoms with Gasteiger partial charge in [-0.2, -0.15) is 0 Å². The SMILES string of the molecule is Fc1cnc(N2CCN(c3ccc(F)c4ccccc34)CC2)nc1. The van der Waals surface area contributed by atoms with Crippen molar-refractivity contribution in [3.8, 4) is 0 Å². The van der Waals surface area contributed by atoms with Crippen molar-refractivity contribution in [1.82, 2.24) is 9.97 Å². The predicted molar refractivity (Wildman–Crippen MR) is 90.3 cm³/mol. The van der Waals surface area contributed by atoms with E-state index in [4.69, 9.17) is 0 Å². The molecule has 0 atom stereocenters. The fourth-order valence-electron chi connectivity index (χ4n) is 3.14. The summed E-state index contributed by atoms with van der Waals surface area (Å²) < 4.78 is 26.9. The Balaban J connectivity index is 1.56. The maximum absolute atomic E-state index is 14.0. The summed E-state index contributed by atoms with van der Waals surface area (Å²) in [6, 6.07) is 10.9. The van der Waals surface area contributed by atoms with Gasteiger partial charge in [0, 0.05) is 42.6 Å². The highest BCUT2D eigenvalue weighted by molar-refractivity contribution is 5.94. The van der Waals surface area contributed by atoms with E-state index in [9.17, 15) is 8.78 Å². The lowest BCUT2D eigenvalue weighted by atomic mass is 10.1. The van der Waals surface area contributed by atoms with Gasteiger partial charge < -0.3 is 9.80 Å². The van der Waals surface area contributed by atoms with Gasteiger partial charge in [-0.25, -0.2) is 18.7 Å². The fraction of sp³-hybridized carbons (Fsp3) is 0.222. The van der Waals surface area contributed by atoms with Crippen molar-refractivity contribution >= 4 is 22.4 Å². The molecule has 24 heavy (non-hydrogen) atoms. The highest BCUT2D eigenvalue weighted by atomic mass is 19.1. The van der Waals surface area contributed by atoms with Crippen LogP contribution in [0.15, 0.2) is 48.8 Å². The average molecular weight is 326 g/mol. The lowest BCUT2D eigenvalue weighted by Crippen LogP contribution is -2.47. The molecule has 1 aromatic heterocycles. The Morgan fingerprint density at radius 2 is 1.38 bits per heavy atom. The Morgan fingerprint density at radius 1 is 0.750 bits per heavy atom. The molecule has 0 amide bonds. The van der Waals surface area contributed by atoms with E-state index in [-0.39, 0.29) is 5.82 Å². The monoisotopic (exact) mass is 326 g/mol. The second kappa shape index (κ2) is 6.03. The van der Waals surface area contributed by atoms with Crippen molar-refractivity contribution in [3.05, 3.63) is 60.4 Å². The molecular formula is C18H16F2N4. The summed E-state index contributed by atoms with van der Waals surface area (Å²) in [6.45, 7) is 3.02. The predicted octanol–water partition coefficient (Wildman–Crippen LogP) is 3.23. The van der Waals surface area contributed by atoms with Gasteiger partial charge in [0.1, 0.15) is 5.82 Å². The maximum Gasteiger partial charge on any atom is 0.225 e. The molecule has 122 valence electrons. The average Bonchev–Trinajstić information content (AvgIpc) is 2.63. The molecule has 2 aromatic carbocycles. The van der Waals surface area contributed by atoms with Crippen LogP contribution in [0.3, 0.4) is 0 Å². The Kier molecular flexibility index (Phi) is 3.72. The first-order chi connectivity index (χ1) is 11.7. The highest BCUT2D eigenvalue weighted by Crippen LogP contribution is 2.29. The van der Waals surface area contributed by atoms with Gasteiger partial charge in [0.15, 0.2) is 5.82 Å². The van der Waals surface area contributed by atoms with Gasteiger partial charge in [-0.1, -0.05) is 24.3 Å². The number of nitrogens with zero attached hydrogens (tertiary/aromatic N) is 4. The highest BCUT2D eigenvalue weighted by Gasteiger charge is 2.21. The van der Waals surface area contributed by atoms with E-state index in [0.29, 0.717) is 11.3 Å². The van der Waals surface area contributed by atoms with Crippen molar-refractivity contribution < 1.29 is 8.78 Å². The Bertz CT molecular complexity index is 859. The van der Waals surface area contributed by atoms with Gasteiger partial charge in [-0.05, 0) is 12.1 Å². The van der Waals surface area contributed by atoms with E-state index >= 15 is 0 Å². The molecule has 0 unspecified atom stereocenters. The second-order valence-corrected chi connectivity index (χ2v) is 5.79. The smallest absolute Gasteiger partial charge is 0.225 e. The third kappa shape index (κ3) is 2.64. The number of halogens is 2. The van der Waals surface area contributed by atoms with Crippen molar-refractivity contribution in [2.45, 2.75) is 0 Å².